The number of hydrogen-bond acceptors (Lipinski definition) is 4. The molecule has 0 aromatic heterocycles. The van der Waals surface area contributed by atoms with Crippen molar-refractivity contribution in [1.82, 2.24) is 0 Å². The molecule has 4 nitrogen and oxygen atoms in total. The van der Waals surface area contributed by atoms with Crippen molar-refractivity contribution in [3.8, 4) is 0 Å². The normalized spacial score (nSPS) is 10.3. The predicted molar refractivity (Wildman–Crippen MR) is 85.6 cm³/mol. The predicted octanol–water partition coefficient (Wildman–Crippen LogP) is 3.46. The highest BCUT2D eigenvalue weighted by atomic mass is 16.5. The fourth-order valence-electron chi connectivity index (χ4n) is 2.09. The van der Waals surface area contributed by atoms with Gasteiger partial charge in [0.05, 0.1) is 13.2 Å². The van der Waals surface area contributed by atoms with Gasteiger partial charge >= 0.3 is 11.9 Å². The molecule has 4 heteroatoms. The summed E-state index contributed by atoms with van der Waals surface area (Å²) in [6.07, 6.45) is 3.70. The molecule has 1 rings (SSSR count). The fourth-order valence-corrected chi connectivity index (χ4v) is 2.09. The first-order valence-electron chi connectivity index (χ1n) is 8.05. The van der Waals surface area contributed by atoms with E-state index >= 15 is 0 Å². The number of aryl methyl sites for hydroxylation is 2. The maximum atomic E-state index is 11.6. The molecule has 0 saturated heterocycles. The molecule has 0 unspecified atom stereocenters. The van der Waals surface area contributed by atoms with Gasteiger partial charge in [0.1, 0.15) is 0 Å². The molecule has 0 spiro atoms. The van der Waals surface area contributed by atoms with Gasteiger partial charge in [0.15, 0.2) is 0 Å². The highest BCUT2D eigenvalue weighted by Gasteiger charge is 2.09. The second-order valence-electron chi connectivity index (χ2n) is 5.21. The molecule has 22 heavy (non-hydrogen) atoms. The van der Waals surface area contributed by atoms with E-state index in [1.807, 2.05) is 38.1 Å². The van der Waals surface area contributed by atoms with Gasteiger partial charge in [-0.25, -0.2) is 0 Å². The highest BCUT2D eigenvalue weighted by Crippen LogP contribution is 2.14. The van der Waals surface area contributed by atoms with Crippen LogP contribution in [0.25, 0.3) is 0 Å². The first kappa shape index (κ1) is 18.2. The van der Waals surface area contributed by atoms with E-state index in [1.54, 1.807) is 0 Å². The first-order valence-corrected chi connectivity index (χ1v) is 8.05. The first-order chi connectivity index (χ1) is 10.7. The summed E-state index contributed by atoms with van der Waals surface area (Å²) in [5.74, 6) is -0.335. The third kappa shape index (κ3) is 7.25. The molecule has 0 saturated carbocycles. The van der Waals surface area contributed by atoms with Crippen LogP contribution in [0.15, 0.2) is 24.3 Å². The molecule has 0 heterocycles. The molecule has 0 bridgehead atoms. The molecule has 1 aromatic carbocycles. The van der Waals surface area contributed by atoms with Crippen molar-refractivity contribution in [2.24, 2.45) is 0 Å². The number of rotatable bonds is 10. The maximum absolute atomic E-state index is 11.6. The molecule has 0 aliphatic heterocycles. The Hall–Kier alpha value is -1.84. The van der Waals surface area contributed by atoms with E-state index in [4.69, 9.17) is 9.47 Å². The summed E-state index contributed by atoms with van der Waals surface area (Å²) in [4.78, 5) is 23.1. The third-order valence-corrected chi connectivity index (χ3v) is 3.25. The lowest BCUT2D eigenvalue weighted by Gasteiger charge is -2.09. The van der Waals surface area contributed by atoms with Gasteiger partial charge in [-0.15, -0.1) is 0 Å². The Morgan fingerprint density at radius 2 is 1.23 bits per heavy atom. The lowest BCUT2D eigenvalue weighted by atomic mass is 9.99. The van der Waals surface area contributed by atoms with Gasteiger partial charge in [-0.05, 0) is 36.8 Å². The van der Waals surface area contributed by atoms with Crippen LogP contribution < -0.4 is 0 Å². The second kappa shape index (κ2) is 10.8. The zero-order chi connectivity index (χ0) is 16.2. The largest absolute Gasteiger partial charge is 0.466 e. The molecule has 0 fully saturated rings. The van der Waals surface area contributed by atoms with Gasteiger partial charge in [0.2, 0.25) is 0 Å². The van der Waals surface area contributed by atoms with E-state index < -0.39 is 0 Å². The summed E-state index contributed by atoms with van der Waals surface area (Å²) in [6, 6.07) is 7.90. The van der Waals surface area contributed by atoms with Crippen LogP contribution in [-0.2, 0) is 31.9 Å². The smallest absolute Gasteiger partial charge is 0.306 e. The van der Waals surface area contributed by atoms with Crippen LogP contribution in [0.3, 0.4) is 0 Å². The Kier molecular flexibility index (Phi) is 8.96. The minimum atomic E-state index is -0.168. The molecule has 0 aliphatic rings. The fraction of sp³-hybridized carbons (Fsp3) is 0.556. The van der Waals surface area contributed by atoms with Crippen LogP contribution in [0.5, 0.6) is 0 Å². The number of hydrogen-bond donors (Lipinski definition) is 0. The van der Waals surface area contributed by atoms with Crippen LogP contribution in [-0.4, -0.2) is 25.2 Å². The zero-order valence-electron chi connectivity index (χ0n) is 13.6. The number of esters is 2. The molecule has 0 N–H and O–H groups in total. The van der Waals surface area contributed by atoms with E-state index in [0.717, 1.165) is 24.0 Å². The molecular formula is C18H26O4. The van der Waals surface area contributed by atoms with Crippen LogP contribution >= 0.6 is 0 Å². The van der Waals surface area contributed by atoms with Gasteiger partial charge in [-0.1, -0.05) is 38.1 Å². The van der Waals surface area contributed by atoms with Crippen molar-refractivity contribution in [2.75, 3.05) is 13.2 Å². The SMILES string of the molecule is CCCOC(=O)CCc1ccccc1CCC(=O)OCCC. The topological polar surface area (TPSA) is 52.6 Å². The van der Waals surface area contributed by atoms with Gasteiger partial charge in [-0.2, -0.15) is 0 Å². The lowest BCUT2D eigenvalue weighted by molar-refractivity contribution is -0.144. The van der Waals surface area contributed by atoms with Crippen LogP contribution in [0.2, 0.25) is 0 Å². The summed E-state index contributed by atoms with van der Waals surface area (Å²) >= 11 is 0. The third-order valence-electron chi connectivity index (χ3n) is 3.25. The van der Waals surface area contributed by atoms with Crippen molar-refractivity contribution < 1.29 is 19.1 Å². The summed E-state index contributed by atoms with van der Waals surface area (Å²) in [5, 5.41) is 0. The van der Waals surface area contributed by atoms with Crippen molar-refractivity contribution in [3.05, 3.63) is 35.4 Å². The number of carbonyl (C=O) groups excluding carboxylic acids is 2. The summed E-state index contributed by atoms with van der Waals surface area (Å²) < 4.78 is 10.2. The lowest BCUT2D eigenvalue weighted by Crippen LogP contribution is -2.09. The standard InChI is InChI=1S/C18H26O4/c1-3-13-21-17(19)11-9-15-7-5-6-8-16(15)10-12-18(20)22-14-4-2/h5-8H,3-4,9-14H2,1-2H3. The molecule has 0 radical (unpaired) electrons. The molecule has 1 aromatic rings. The van der Waals surface area contributed by atoms with Gasteiger partial charge < -0.3 is 9.47 Å². The molecule has 0 amide bonds. The van der Waals surface area contributed by atoms with Crippen LogP contribution in [0.4, 0.5) is 0 Å². The minimum Gasteiger partial charge on any atom is -0.466 e. The number of ether oxygens (including phenoxy) is 2. The Morgan fingerprint density at radius 1 is 0.818 bits per heavy atom. The van der Waals surface area contributed by atoms with Crippen LogP contribution in [0, 0.1) is 0 Å². The average molecular weight is 306 g/mol. The van der Waals surface area contributed by atoms with Crippen molar-refractivity contribution in [3.63, 3.8) is 0 Å². The van der Waals surface area contributed by atoms with Gasteiger partial charge in [0.25, 0.3) is 0 Å². The minimum absolute atomic E-state index is 0.168. The molecule has 0 aliphatic carbocycles. The Labute approximate surface area is 132 Å². The summed E-state index contributed by atoms with van der Waals surface area (Å²) in [6.45, 7) is 4.90. The quantitative estimate of drug-likeness (QED) is 0.621. The second-order valence-corrected chi connectivity index (χ2v) is 5.21. The summed E-state index contributed by atoms with van der Waals surface area (Å²) in [7, 11) is 0. The highest BCUT2D eigenvalue weighted by molar-refractivity contribution is 5.70. The van der Waals surface area contributed by atoms with E-state index in [0.29, 0.717) is 38.9 Å². The van der Waals surface area contributed by atoms with Crippen LogP contribution in [0.1, 0.15) is 50.7 Å². The number of benzene rings is 1. The van der Waals surface area contributed by atoms with E-state index in [-0.39, 0.29) is 11.9 Å². The molecule has 122 valence electrons. The van der Waals surface area contributed by atoms with Gasteiger partial charge in [0, 0.05) is 12.8 Å². The molecular weight excluding hydrogens is 280 g/mol. The Morgan fingerprint density at radius 3 is 1.59 bits per heavy atom. The van der Waals surface area contributed by atoms with Crippen molar-refractivity contribution in [2.45, 2.75) is 52.4 Å². The van der Waals surface area contributed by atoms with E-state index in [2.05, 4.69) is 0 Å². The van der Waals surface area contributed by atoms with Crippen molar-refractivity contribution >= 4 is 11.9 Å². The Bertz CT molecular complexity index is 425. The maximum Gasteiger partial charge on any atom is 0.306 e. The molecule has 0 atom stereocenters. The monoisotopic (exact) mass is 306 g/mol. The van der Waals surface area contributed by atoms with Crippen molar-refractivity contribution in [1.29, 1.82) is 0 Å². The van der Waals surface area contributed by atoms with E-state index in [9.17, 15) is 9.59 Å². The number of carbonyl (C=O) groups is 2. The Balaban J connectivity index is 2.47. The summed E-state index contributed by atoms with van der Waals surface area (Å²) in [5.41, 5.74) is 2.19. The zero-order valence-corrected chi connectivity index (χ0v) is 13.6. The average Bonchev–Trinajstić information content (AvgIpc) is 2.54. The van der Waals surface area contributed by atoms with E-state index in [1.165, 1.54) is 0 Å². The van der Waals surface area contributed by atoms with Gasteiger partial charge in [-0.3, -0.25) is 9.59 Å².